The van der Waals surface area contributed by atoms with E-state index in [1.807, 2.05) is 13.8 Å². The summed E-state index contributed by atoms with van der Waals surface area (Å²) in [5, 5.41) is 9.87. The van der Waals surface area contributed by atoms with Crippen LogP contribution in [0.15, 0.2) is 25.3 Å². The van der Waals surface area contributed by atoms with Crippen LogP contribution in [0.4, 0.5) is 0 Å². The molecule has 3 aliphatic rings. The summed E-state index contributed by atoms with van der Waals surface area (Å²) in [5.74, 6) is -2.04. The Labute approximate surface area is 184 Å². The number of nitrogens with zero attached hydrogens (tertiary/aromatic N) is 3. The summed E-state index contributed by atoms with van der Waals surface area (Å²) in [5.41, 5.74) is -1.05. The van der Waals surface area contributed by atoms with Crippen molar-refractivity contribution in [1.82, 2.24) is 14.7 Å². The normalized spacial score (nSPS) is 32.2. The van der Waals surface area contributed by atoms with E-state index in [0.717, 1.165) is 0 Å². The Morgan fingerprint density at radius 2 is 1.90 bits per heavy atom. The van der Waals surface area contributed by atoms with E-state index in [-0.39, 0.29) is 36.5 Å². The molecule has 172 valence electrons. The summed E-state index contributed by atoms with van der Waals surface area (Å²) >= 11 is 0. The van der Waals surface area contributed by atoms with Gasteiger partial charge in [0, 0.05) is 26.2 Å². The molecule has 2 bridgehead atoms. The second kappa shape index (κ2) is 8.74. The van der Waals surface area contributed by atoms with Gasteiger partial charge >= 0.3 is 0 Å². The van der Waals surface area contributed by atoms with Gasteiger partial charge in [0.15, 0.2) is 0 Å². The maximum atomic E-state index is 13.8. The number of carbonyl (C=O) groups excluding carboxylic acids is 3. The minimum absolute atomic E-state index is 0.0999. The molecular weight excluding hydrogens is 398 g/mol. The van der Waals surface area contributed by atoms with Crippen LogP contribution < -0.4 is 0 Å². The molecule has 31 heavy (non-hydrogen) atoms. The van der Waals surface area contributed by atoms with Crippen LogP contribution in [0.1, 0.15) is 33.6 Å². The molecule has 3 heterocycles. The summed E-state index contributed by atoms with van der Waals surface area (Å²) in [6.45, 7) is 13.4. The highest BCUT2D eigenvalue weighted by Gasteiger charge is 2.75. The molecule has 1 spiro atoms. The van der Waals surface area contributed by atoms with Crippen molar-refractivity contribution in [3.63, 3.8) is 0 Å². The van der Waals surface area contributed by atoms with Crippen molar-refractivity contribution in [3.05, 3.63) is 25.3 Å². The van der Waals surface area contributed by atoms with E-state index in [1.54, 1.807) is 35.9 Å². The van der Waals surface area contributed by atoms with E-state index in [1.165, 1.54) is 4.90 Å². The number of amides is 3. The van der Waals surface area contributed by atoms with E-state index in [0.29, 0.717) is 25.9 Å². The third-order valence-electron chi connectivity index (χ3n) is 7.01. The van der Waals surface area contributed by atoms with Crippen LogP contribution in [0.5, 0.6) is 0 Å². The van der Waals surface area contributed by atoms with Crippen molar-refractivity contribution >= 4 is 17.7 Å². The lowest BCUT2D eigenvalue weighted by Gasteiger charge is -2.39. The van der Waals surface area contributed by atoms with Crippen molar-refractivity contribution in [1.29, 1.82) is 0 Å². The van der Waals surface area contributed by atoms with E-state index in [2.05, 4.69) is 13.2 Å². The lowest BCUT2D eigenvalue weighted by atomic mass is 9.70. The zero-order chi connectivity index (χ0) is 23.1. The minimum atomic E-state index is -1.05. The Morgan fingerprint density at radius 1 is 1.26 bits per heavy atom. The molecule has 3 amide bonds. The number of rotatable bonds is 9. The Morgan fingerprint density at radius 3 is 2.45 bits per heavy atom. The molecule has 0 saturated carbocycles. The van der Waals surface area contributed by atoms with Gasteiger partial charge in [-0.25, -0.2) is 0 Å². The molecule has 8 heteroatoms. The van der Waals surface area contributed by atoms with Crippen molar-refractivity contribution in [2.24, 2.45) is 11.8 Å². The van der Waals surface area contributed by atoms with Gasteiger partial charge in [-0.05, 0) is 33.6 Å². The average Bonchev–Trinajstić information content (AvgIpc) is 3.37. The zero-order valence-corrected chi connectivity index (χ0v) is 19.0. The van der Waals surface area contributed by atoms with Gasteiger partial charge in [0.25, 0.3) is 0 Å². The first-order chi connectivity index (χ1) is 14.7. The molecule has 3 rings (SSSR count). The fraction of sp³-hybridized carbons (Fsp3) is 0.696. The molecule has 0 aromatic carbocycles. The first-order valence-electron chi connectivity index (χ1n) is 11.0. The van der Waals surface area contributed by atoms with Crippen LogP contribution in [-0.4, -0.2) is 94.1 Å². The molecule has 2 unspecified atom stereocenters. The van der Waals surface area contributed by atoms with E-state index in [9.17, 15) is 19.5 Å². The number of aliphatic hydroxyl groups is 1. The van der Waals surface area contributed by atoms with Crippen LogP contribution >= 0.6 is 0 Å². The maximum Gasteiger partial charge on any atom is 0.248 e. The van der Waals surface area contributed by atoms with Gasteiger partial charge in [0.1, 0.15) is 11.6 Å². The largest absolute Gasteiger partial charge is 0.394 e. The van der Waals surface area contributed by atoms with Crippen LogP contribution in [0.2, 0.25) is 0 Å². The number of fused-ring (bicyclic) bond motifs is 1. The highest BCUT2D eigenvalue weighted by atomic mass is 16.5. The van der Waals surface area contributed by atoms with E-state index < -0.39 is 29.5 Å². The number of ether oxygens (including phenoxy) is 1. The minimum Gasteiger partial charge on any atom is -0.394 e. The third kappa shape index (κ3) is 3.49. The molecule has 1 N–H and O–H groups in total. The number of likely N-dealkylation sites (tertiary alicyclic amines) is 1. The predicted molar refractivity (Wildman–Crippen MR) is 116 cm³/mol. The molecule has 6 atom stereocenters. The first kappa shape index (κ1) is 23.5. The van der Waals surface area contributed by atoms with Crippen molar-refractivity contribution in [3.8, 4) is 0 Å². The quantitative estimate of drug-likeness (QED) is 0.544. The number of likely N-dealkylation sites (N-methyl/N-ethyl adjacent to an activating group) is 1. The Bertz CT molecular complexity index is 768. The summed E-state index contributed by atoms with van der Waals surface area (Å²) < 4.78 is 6.39. The van der Waals surface area contributed by atoms with Gasteiger partial charge in [-0.15, -0.1) is 13.2 Å². The van der Waals surface area contributed by atoms with Gasteiger partial charge in [0.05, 0.1) is 30.6 Å². The number of hydrogen-bond acceptors (Lipinski definition) is 5. The summed E-state index contributed by atoms with van der Waals surface area (Å²) in [4.78, 5) is 45.4. The lowest BCUT2D eigenvalue weighted by Crippen LogP contribution is -2.59. The fourth-order valence-electron chi connectivity index (χ4n) is 5.60. The molecule has 3 aliphatic heterocycles. The standard InChI is InChI=1S/C23H35N3O5/c1-7-11-24(6)20(28)17-16-9-10-23(31-16)18(17)21(29)26(15(5)13-27)19(23)22(30)25(12-8-2)14(3)4/h7-8,14-19,27H,1-2,9-13H2,3-6H3/t15-,16-,17+,18+,19?,23?/m1/s1. The highest BCUT2D eigenvalue weighted by molar-refractivity contribution is 5.99. The molecule has 3 saturated heterocycles. The second-order valence-corrected chi connectivity index (χ2v) is 9.21. The molecule has 0 aliphatic carbocycles. The van der Waals surface area contributed by atoms with Crippen molar-refractivity contribution < 1.29 is 24.2 Å². The van der Waals surface area contributed by atoms with Gasteiger partial charge in [-0.2, -0.15) is 0 Å². The molecule has 0 aromatic rings. The molecule has 8 nitrogen and oxygen atoms in total. The highest BCUT2D eigenvalue weighted by Crippen LogP contribution is 2.59. The summed E-state index contributed by atoms with van der Waals surface area (Å²) in [7, 11) is 1.68. The zero-order valence-electron chi connectivity index (χ0n) is 19.0. The second-order valence-electron chi connectivity index (χ2n) is 9.21. The number of carbonyl (C=O) groups is 3. The van der Waals surface area contributed by atoms with Crippen molar-refractivity contribution in [2.45, 2.75) is 63.4 Å². The topological polar surface area (TPSA) is 90.4 Å². The van der Waals surface area contributed by atoms with Gasteiger partial charge in [0.2, 0.25) is 17.7 Å². The predicted octanol–water partition coefficient (Wildman–Crippen LogP) is 0.809. The smallest absolute Gasteiger partial charge is 0.248 e. The van der Waals surface area contributed by atoms with Crippen molar-refractivity contribution in [2.75, 3.05) is 26.7 Å². The van der Waals surface area contributed by atoms with E-state index >= 15 is 0 Å². The molecule has 3 fully saturated rings. The van der Waals surface area contributed by atoms with Crippen LogP contribution in [0.25, 0.3) is 0 Å². The SMILES string of the molecule is C=CCN(C)C(=O)[C@@H]1[C@H]2C(=O)N([C@H](C)CO)C(C(=O)N(CC=C)C(C)C)C23CC[C@H]1O3. The lowest BCUT2D eigenvalue weighted by molar-refractivity contribution is -0.152. The maximum absolute atomic E-state index is 13.8. The summed E-state index contributed by atoms with van der Waals surface area (Å²) in [6.07, 6.45) is 4.07. The fourth-order valence-corrected chi connectivity index (χ4v) is 5.60. The third-order valence-corrected chi connectivity index (χ3v) is 7.01. The van der Waals surface area contributed by atoms with Crippen LogP contribution in [0.3, 0.4) is 0 Å². The molecular formula is C23H35N3O5. The van der Waals surface area contributed by atoms with Gasteiger partial charge < -0.3 is 24.5 Å². The van der Waals surface area contributed by atoms with Gasteiger partial charge in [-0.1, -0.05) is 12.2 Å². The van der Waals surface area contributed by atoms with Crippen LogP contribution in [-0.2, 0) is 19.1 Å². The molecule has 0 radical (unpaired) electrons. The Balaban J connectivity index is 2.06. The number of hydrogen-bond donors (Lipinski definition) is 1. The summed E-state index contributed by atoms with van der Waals surface area (Å²) in [6, 6.07) is -1.54. The first-order valence-corrected chi connectivity index (χ1v) is 11.0. The van der Waals surface area contributed by atoms with Gasteiger partial charge in [-0.3, -0.25) is 14.4 Å². The molecule has 0 aromatic heterocycles. The Hall–Kier alpha value is -2.19. The Kier molecular flexibility index (Phi) is 6.62. The monoisotopic (exact) mass is 433 g/mol. The average molecular weight is 434 g/mol. The van der Waals surface area contributed by atoms with E-state index in [4.69, 9.17) is 4.74 Å². The van der Waals surface area contributed by atoms with Crippen LogP contribution in [0, 0.1) is 11.8 Å². The number of aliphatic hydroxyl groups excluding tert-OH is 1.